The molecule has 0 aliphatic heterocycles. The van der Waals surface area contributed by atoms with Crippen molar-refractivity contribution in [3.63, 3.8) is 0 Å². The molecule has 1 aromatic carbocycles. The number of methoxy groups -OCH3 is 1. The Labute approximate surface area is 112 Å². The molecule has 0 spiro atoms. The Morgan fingerprint density at radius 3 is 2.89 bits per heavy atom. The standard InChI is InChI=1S/C14H18N2O3/c1-19-14(18)6-3-9-16-13(17)8-7-11-4-2-5-12(15)10-11/h2,4-5,7-8,10H,3,6,9,15H2,1H3,(H,16,17)/b8-7+. The summed E-state index contributed by atoms with van der Waals surface area (Å²) < 4.78 is 4.50. The maximum Gasteiger partial charge on any atom is 0.305 e. The van der Waals surface area contributed by atoms with Gasteiger partial charge in [0, 0.05) is 24.7 Å². The lowest BCUT2D eigenvalue weighted by Crippen LogP contribution is -2.22. The van der Waals surface area contributed by atoms with Gasteiger partial charge in [-0.25, -0.2) is 0 Å². The van der Waals surface area contributed by atoms with Crippen molar-refractivity contribution in [1.82, 2.24) is 5.32 Å². The molecule has 19 heavy (non-hydrogen) atoms. The molecule has 3 N–H and O–H groups in total. The van der Waals surface area contributed by atoms with Crippen LogP contribution in [0, 0.1) is 0 Å². The number of amides is 1. The zero-order chi connectivity index (χ0) is 14.1. The van der Waals surface area contributed by atoms with Crippen LogP contribution < -0.4 is 11.1 Å². The molecule has 5 heteroatoms. The molecule has 0 aromatic heterocycles. The summed E-state index contributed by atoms with van der Waals surface area (Å²) in [5.74, 6) is -0.475. The van der Waals surface area contributed by atoms with Crippen molar-refractivity contribution in [2.75, 3.05) is 19.4 Å². The molecular formula is C14H18N2O3. The van der Waals surface area contributed by atoms with E-state index in [1.165, 1.54) is 13.2 Å². The summed E-state index contributed by atoms with van der Waals surface area (Å²) in [6.07, 6.45) is 3.99. The smallest absolute Gasteiger partial charge is 0.305 e. The van der Waals surface area contributed by atoms with Crippen LogP contribution in [0.25, 0.3) is 6.08 Å². The van der Waals surface area contributed by atoms with E-state index in [0.29, 0.717) is 25.1 Å². The van der Waals surface area contributed by atoms with Crippen molar-refractivity contribution < 1.29 is 14.3 Å². The first-order chi connectivity index (χ1) is 9.11. The Kier molecular flexibility index (Phi) is 6.15. The molecule has 0 atom stereocenters. The molecule has 0 aliphatic carbocycles. The maximum atomic E-state index is 11.5. The average molecular weight is 262 g/mol. The lowest BCUT2D eigenvalue weighted by atomic mass is 10.2. The zero-order valence-corrected chi connectivity index (χ0v) is 10.9. The van der Waals surface area contributed by atoms with Crippen LogP contribution >= 0.6 is 0 Å². The van der Waals surface area contributed by atoms with Crippen molar-refractivity contribution >= 4 is 23.6 Å². The number of nitrogens with two attached hydrogens (primary N) is 1. The second kappa shape index (κ2) is 7.92. The number of hydrogen-bond acceptors (Lipinski definition) is 4. The van der Waals surface area contributed by atoms with E-state index in [2.05, 4.69) is 10.1 Å². The van der Waals surface area contributed by atoms with Crippen molar-refractivity contribution in [3.8, 4) is 0 Å². The summed E-state index contributed by atoms with van der Waals surface area (Å²) in [6, 6.07) is 7.24. The second-order valence-corrected chi connectivity index (χ2v) is 3.97. The van der Waals surface area contributed by atoms with Crippen molar-refractivity contribution in [2.24, 2.45) is 0 Å². The highest BCUT2D eigenvalue weighted by Crippen LogP contribution is 2.07. The quantitative estimate of drug-likeness (QED) is 0.351. The minimum Gasteiger partial charge on any atom is -0.469 e. The number of nitrogen functional groups attached to an aromatic ring is 1. The van der Waals surface area contributed by atoms with E-state index in [1.54, 1.807) is 18.2 Å². The summed E-state index contributed by atoms with van der Waals surface area (Å²) >= 11 is 0. The van der Waals surface area contributed by atoms with Gasteiger partial charge in [-0.15, -0.1) is 0 Å². The van der Waals surface area contributed by atoms with Gasteiger partial charge in [0.05, 0.1) is 7.11 Å². The minimum absolute atomic E-state index is 0.202. The fraction of sp³-hybridized carbons (Fsp3) is 0.286. The predicted molar refractivity (Wildman–Crippen MR) is 74.1 cm³/mol. The fourth-order valence-electron chi connectivity index (χ4n) is 1.44. The van der Waals surface area contributed by atoms with Gasteiger partial charge in [0.2, 0.25) is 5.91 Å². The molecule has 0 bridgehead atoms. The summed E-state index contributed by atoms with van der Waals surface area (Å²) in [5.41, 5.74) is 7.15. The molecule has 0 aliphatic rings. The molecular weight excluding hydrogens is 244 g/mol. The third kappa shape index (κ3) is 6.26. The van der Waals surface area contributed by atoms with E-state index in [9.17, 15) is 9.59 Å². The number of anilines is 1. The Bertz CT molecular complexity index is 470. The third-order valence-corrected chi connectivity index (χ3v) is 2.42. The fourth-order valence-corrected chi connectivity index (χ4v) is 1.44. The molecule has 0 unspecified atom stereocenters. The van der Waals surface area contributed by atoms with Crippen LogP contribution in [-0.2, 0) is 14.3 Å². The summed E-state index contributed by atoms with van der Waals surface area (Å²) in [5, 5.41) is 2.68. The second-order valence-electron chi connectivity index (χ2n) is 3.97. The molecule has 0 saturated heterocycles. The van der Waals surface area contributed by atoms with Gasteiger partial charge < -0.3 is 15.8 Å². The number of hydrogen-bond donors (Lipinski definition) is 2. The molecule has 0 radical (unpaired) electrons. The van der Waals surface area contributed by atoms with Crippen LogP contribution in [0.1, 0.15) is 18.4 Å². The Balaban J connectivity index is 2.29. The molecule has 102 valence electrons. The monoisotopic (exact) mass is 262 g/mol. The first kappa shape index (κ1) is 14.8. The molecule has 0 heterocycles. The van der Waals surface area contributed by atoms with Gasteiger partial charge in [0.1, 0.15) is 0 Å². The average Bonchev–Trinajstić information content (AvgIpc) is 2.41. The molecule has 0 fully saturated rings. The zero-order valence-electron chi connectivity index (χ0n) is 10.9. The van der Waals surface area contributed by atoms with Gasteiger partial charge in [-0.05, 0) is 30.2 Å². The lowest BCUT2D eigenvalue weighted by molar-refractivity contribution is -0.140. The van der Waals surface area contributed by atoms with E-state index in [1.807, 2.05) is 12.1 Å². The normalized spacial score (nSPS) is 10.4. The van der Waals surface area contributed by atoms with Crippen LogP contribution in [-0.4, -0.2) is 25.5 Å². The van der Waals surface area contributed by atoms with Crippen molar-refractivity contribution in [3.05, 3.63) is 35.9 Å². The number of rotatable bonds is 6. The van der Waals surface area contributed by atoms with Gasteiger partial charge in [-0.2, -0.15) is 0 Å². The van der Waals surface area contributed by atoms with Gasteiger partial charge in [0.25, 0.3) is 0 Å². The number of benzene rings is 1. The Morgan fingerprint density at radius 1 is 1.42 bits per heavy atom. The number of carbonyl (C=O) groups excluding carboxylic acids is 2. The number of esters is 1. The van der Waals surface area contributed by atoms with Gasteiger partial charge >= 0.3 is 5.97 Å². The van der Waals surface area contributed by atoms with E-state index in [-0.39, 0.29) is 11.9 Å². The van der Waals surface area contributed by atoms with Crippen molar-refractivity contribution in [2.45, 2.75) is 12.8 Å². The van der Waals surface area contributed by atoms with Gasteiger partial charge in [0.15, 0.2) is 0 Å². The Hall–Kier alpha value is -2.30. The lowest BCUT2D eigenvalue weighted by Gasteiger charge is -2.01. The molecule has 0 saturated carbocycles. The highest BCUT2D eigenvalue weighted by Gasteiger charge is 2.00. The first-order valence-electron chi connectivity index (χ1n) is 6.00. The summed E-state index contributed by atoms with van der Waals surface area (Å²) in [7, 11) is 1.34. The minimum atomic E-state index is -0.274. The van der Waals surface area contributed by atoms with Gasteiger partial charge in [-0.3, -0.25) is 9.59 Å². The van der Waals surface area contributed by atoms with E-state index < -0.39 is 0 Å². The van der Waals surface area contributed by atoms with E-state index in [0.717, 1.165) is 5.56 Å². The highest BCUT2D eigenvalue weighted by atomic mass is 16.5. The van der Waals surface area contributed by atoms with Crippen LogP contribution in [0.3, 0.4) is 0 Å². The topological polar surface area (TPSA) is 81.4 Å². The molecule has 1 amide bonds. The summed E-state index contributed by atoms with van der Waals surface area (Å²) in [6.45, 7) is 0.440. The molecule has 1 aromatic rings. The van der Waals surface area contributed by atoms with Crippen LogP contribution in [0.2, 0.25) is 0 Å². The third-order valence-electron chi connectivity index (χ3n) is 2.42. The Morgan fingerprint density at radius 2 is 2.21 bits per heavy atom. The summed E-state index contributed by atoms with van der Waals surface area (Å²) in [4.78, 5) is 22.3. The molecule has 1 rings (SSSR count). The number of ether oxygens (including phenoxy) is 1. The van der Waals surface area contributed by atoms with E-state index in [4.69, 9.17) is 5.73 Å². The van der Waals surface area contributed by atoms with E-state index >= 15 is 0 Å². The number of nitrogens with one attached hydrogen (secondary N) is 1. The number of carbonyl (C=O) groups is 2. The molecule has 5 nitrogen and oxygen atoms in total. The first-order valence-corrected chi connectivity index (χ1v) is 6.00. The maximum absolute atomic E-state index is 11.5. The van der Waals surface area contributed by atoms with Gasteiger partial charge in [-0.1, -0.05) is 12.1 Å². The highest BCUT2D eigenvalue weighted by molar-refractivity contribution is 5.91. The SMILES string of the molecule is COC(=O)CCCNC(=O)/C=C/c1cccc(N)c1. The largest absolute Gasteiger partial charge is 0.469 e. The van der Waals surface area contributed by atoms with Crippen molar-refractivity contribution in [1.29, 1.82) is 0 Å². The van der Waals surface area contributed by atoms with Crippen LogP contribution in [0.4, 0.5) is 5.69 Å². The predicted octanol–water partition coefficient (Wildman–Crippen LogP) is 1.35. The van der Waals surface area contributed by atoms with Crippen LogP contribution in [0.5, 0.6) is 0 Å². The van der Waals surface area contributed by atoms with Crippen LogP contribution in [0.15, 0.2) is 30.3 Å².